The molecular weight excluding hydrogens is 414 g/mol. The first kappa shape index (κ1) is 22.1. The number of nitrogens with one attached hydrogen (secondary N) is 1. The van der Waals surface area contributed by atoms with Crippen molar-refractivity contribution in [3.63, 3.8) is 0 Å². The van der Waals surface area contributed by atoms with Crippen LogP contribution in [0.4, 0.5) is 0 Å². The molecule has 6 heteroatoms. The Morgan fingerprint density at radius 1 is 1.09 bits per heavy atom. The molecule has 1 amide bonds. The summed E-state index contributed by atoms with van der Waals surface area (Å²) in [5.41, 5.74) is 2.51. The second kappa shape index (κ2) is 9.27. The third kappa shape index (κ3) is 4.06. The molecular formula is C27H33N3O3. The molecule has 174 valence electrons. The highest BCUT2D eigenvalue weighted by Gasteiger charge is 2.54. The van der Waals surface area contributed by atoms with Gasteiger partial charge in [-0.1, -0.05) is 55.7 Å². The van der Waals surface area contributed by atoms with Gasteiger partial charge in [-0.15, -0.1) is 0 Å². The van der Waals surface area contributed by atoms with Gasteiger partial charge in [0.05, 0.1) is 12.0 Å². The largest absolute Gasteiger partial charge is 0.396 e. The number of aliphatic hydroxyl groups excluding tert-OH is 1. The molecule has 2 fully saturated rings. The number of carbonyl (C=O) groups is 1. The number of fused-ring (bicyclic) bond motifs is 4. The van der Waals surface area contributed by atoms with Crippen LogP contribution in [-0.2, 0) is 11.3 Å². The van der Waals surface area contributed by atoms with Crippen LogP contribution in [0.2, 0.25) is 0 Å². The molecule has 1 aliphatic carbocycles. The molecule has 4 atom stereocenters. The molecule has 6 nitrogen and oxygen atoms in total. The smallest absolute Gasteiger partial charge is 0.258 e. The van der Waals surface area contributed by atoms with Crippen molar-refractivity contribution in [2.75, 3.05) is 13.7 Å². The van der Waals surface area contributed by atoms with Crippen molar-refractivity contribution in [2.24, 2.45) is 11.8 Å². The van der Waals surface area contributed by atoms with Crippen LogP contribution in [0.1, 0.15) is 55.0 Å². The Kier molecular flexibility index (Phi) is 6.21. The summed E-state index contributed by atoms with van der Waals surface area (Å²) in [6.07, 6.45) is 9.41. The molecule has 0 unspecified atom stereocenters. The monoisotopic (exact) mass is 447 g/mol. The van der Waals surface area contributed by atoms with E-state index < -0.39 is 0 Å². The molecule has 3 aliphatic rings. The van der Waals surface area contributed by atoms with Gasteiger partial charge in [0.2, 0.25) is 5.91 Å². The molecule has 2 N–H and O–H groups in total. The average molecular weight is 448 g/mol. The Morgan fingerprint density at radius 3 is 2.58 bits per heavy atom. The molecule has 2 bridgehead atoms. The summed E-state index contributed by atoms with van der Waals surface area (Å²) < 4.78 is 1.83. The van der Waals surface area contributed by atoms with Gasteiger partial charge in [-0.05, 0) is 43.7 Å². The second-order valence-electron chi connectivity index (χ2n) is 9.77. The van der Waals surface area contributed by atoms with Crippen molar-refractivity contribution in [1.29, 1.82) is 0 Å². The van der Waals surface area contributed by atoms with E-state index in [9.17, 15) is 14.7 Å². The topological polar surface area (TPSA) is 74.6 Å². The number of benzene rings is 1. The molecule has 2 aromatic rings. The van der Waals surface area contributed by atoms with Crippen LogP contribution < -0.4 is 10.9 Å². The van der Waals surface area contributed by atoms with Gasteiger partial charge in [0.15, 0.2) is 0 Å². The minimum atomic E-state index is -0.356. The zero-order valence-corrected chi connectivity index (χ0v) is 19.2. The van der Waals surface area contributed by atoms with Gasteiger partial charge >= 0.3 is 0 Å². The maximum atomic E-state index is 13.4. The lowest BCUT2D eigenvalue weighted by Crippen LogP contribution is -2.45. The Labute approximate surface area is 194 Å². The zero-order chi connectivity index (χ0) is 22.9. The first-order valence-electron chi connectivity index (χ1n) is 12.2. The summed E-state index contributed by atoms with van der Waals surface area (Å²) in [5.74, 6) is -0.522. The molecule has 1 saturated heterocycles. The lowest BCUT2D eigenvalue weighted by atomic mass is 9.85. The summed E-state index contributed by atoms with van der Waals surface area (Å²) in [5, 5.41) is 13.5. The Morgan fingerprint density at radius 2 is 1.85 bits per heavy atom. The predicted octanol–water partition coefficient (Wildman–Crippen LogP) is 3.06. The summed E-state index contributed by atoms with van der Waals surface area (Å²) in [7, 11) is 2.02. The van der Waals surface area contributed by atoms with Crippen LogP contribution in [-0.4, -0.2) is 46.2 Å². The number of likely N-dealkylation sites (N-methyl/N-ethyl adjacent to an activating group) is 1. The highest BCUT2D eigenvalue weighted by molar-refractivity contribution is 5.81. The van der Waals surface area contributed by atoms with Crippen LogP contribution in [0.25, 0.3) is 12.2 Å². The Balaban J connectivity index is 1.45. The summed E-state index contributed by atoms with van der Waals surface area (Å²) in [6, 6.07) is 13.8. The minimum Gasteiger partial charge on any atom is -0.396 e. The number of aliphatic hydroxyl groups is 1. The number of aromatic nitrogens is 1. The van der Waals surface area contributed by atoms with E-state index in [0.717, 1.165) is 36.9 Å². The van der Waals surface area contributed by atoms with Crippen molar-refractivity contribution in [1.82, 2.24) is 14.8 Å². The van der Waals surface area contributed by atoms with Crippen LogP contribution in [0.3, 0.4) is 0 Å². The maximum absolute atomic E-state index is 13.4. The van der Waals surface area contributed by atoms with Crippen molar-refractivity contribution in [2.45, 2.75) is 56.8 Å². The van der Waals surface area contributed by atoms with Gasteiger partial charge in [-0.3, -0.25) is 14.5 Å². The standard InChI is InChI=1S/C27H33N3O3/c1-29-23-16-30-22(15-14-19(27(30)33)13-12-18-8-4-2-5-9-18)25(29)24(21(23)17-31)26(32)28-20-10-6-3-7-11-20/h2,4-5,8-9,12-15,20-21,23-25,31H,3,6-7,10-11,16-17H2,1H3,(H,28,32)/b13-12+/t21-,23-,24+,25+/m0/s1. The highest BCUT2D eigenvalue weighted by atomic mass is 16.3. The Hall–Kier alpha value is -2.70. The lowest BCUT2D eigenvalue weighted by molar-refractivity contribution is -0.128. The van der Waals surface area contributed by atoms with E-state index in [4.69, 9.17) is 0 Å². The summed E-state index contributed by atoms with van der Waals surface area (Å²) >= 11 is 0. The van der Waals surface area contributed by atoms with E-state index in [0.29, 0.717) is 12.1 Å². The van der Waals surface area contributed by atoms with E-state index in [1.807, 2.05) is 66.2 Å². The van der Waals surface area contributed by atoms with Crippen molar-refractivity contribution in [3.05, 3.63) is 69.6 Å². The third-order valence-corrected chi connectivity index (χ3v) is 7.89. The average Bonchev–Trinajstić information content (AvgIpc) is 3.02. The first-order chi connectivity index (χ1) is 16.1. The van der Waals surface area contributed by atoms with Crippen LogP contribution >= 0.6 is 0 Å². The van der Waals surface area contributed by atoms with Gasteiger partial charge in [-0.2, -0.15) is 0 Å². The molecule has 0 radical (unpaired) electrons. The maximum Gasteiger partial charge on any atom is 0.258 e. The van der Waals surface area contributed by atoms with E-state index >= 15 is 0 Å². The van der Waals surface area contributed by atoms with Crippen LogP contribution in [0.5, 0.6) is 0 Å². The van der Waals surface area contributed by atoms with Gasteiger partial charge in [0, 0.05) is 42.4 Å². The Bertz CT molecular complexity index is 1090. The number of nitrogens with zero attached hydrogens (tertiary/aromatic N) is 2. The quantitative estimate of drug-likeness (QED) is 0.739. The lowest BCUT2D eigenvalue weighted by Gasteiger charge is -2.35. The first-order valence-corrected chi connectivity index (χ1v) is 12.2. The number of hydrogen-bond acceptors (Lipinski definition) is 4. The van der Waals surface area contributed by atoms with Gasteiger partial charge in [0.25, 0.3) is 5.56 Å². The van der Waals surface area contributed by atoms with Crippen molar-refractivity contribution < 1.29 is 9.90 Å². The SMILES string of the molecule is CN1[C@@H]2c3ccc(/C=C/c4ccccc4)c(=O)n3C[C@H]1[C@H](CO)[C@H]2C(=O)NC1CCCCC1. The number of carbonyl (C=O) groups excluding carboxylic acids is 1. The number of amides is 1. The van der Waals surface area contributed by atoms with E-state index in [-0.39, 0.29) is 48.0 Å². The fraction of sp³-hybridized carbons (Fsp3) is 0.481. The summed E-state index contributed by atoms with van der Waals surface area (Å²) in [6.45, 7) is 0.435. The summed E-state index contributed by atoms with van der Waals surface area (Å²) in [4.78, 5) is 29.0. The molecule has 1 aromatic carbocycles. The minimum absolute atomic E-state index is 0.0225. The molecule has 2 aliphatic heterocycles. The molecule has 1 saturated carbocycles. The molecule has 33 heavy (non-hydrogen) atoms. The number of hydrogen-bond donors (Lipinski definition) is 2. The number of rotatable bonds is 5. The van der Waals surface area contributed by atoms with Crippen LogP contribution in [0.15, 0.2) is 47.3 Å². The molecule has 3 heterocycles. The molecule has 0 spiro atoms. The van der Waals surface area contributed by atoms with Crippen molar-refractivity contribution in [3.8, 4) is 0 Å². The fourth-order valence-electron chi connectivity index (χ4n) is 6.13. The normalized spacial score (nSPS) is 27.6. The number of pyridine rings is 1. The third-order valence-electron chi connectivity index (χ3n) is 7.89. The predicted molar refractivity (Wildman–Crippen MR) is 129 cm³/mol. The fourth-order valence-corrected chi connectivity index (χ4v) is 6.13. The zero-order valence-electron chi connectivity index (χ0n) is 19.2. The highest BCUT2D eigenvalue weighted by Crippen LogP contribution is 2.47. The van der Waals surface area contributed by atoms with Crippen LogP contribution in [0, 0.1) is 11.8 Å². The van der Waals surface area contributed by atoms with Gasteiger partial charge in [0.1, 0.15) is 0 Å². The van der Waals surface area contributed by atoms with E-state index in [2.05, 4.69) is 10.2 Å². The van der Waals surface area contributed by atoms with Gasteiger partial charge in [-0.25, -0.2) is 0 Å². The van der Waals surface area contributed by atoms with E-state index in [1.165, 1.54) is 6.42 Å². The molecule has 5 rings (SSSR count). The van der Waals surface area contributed by atoms with Gasteiger partial charge < -0.3 is 15.0 Å². The molecule has 1 aromatic heterocycles. The van der Waals surface area contributed by atoms with Crippen molar-refractivity contribution >= 4 is 18.1 Å². The second-order valence-corrected chi connectivity index (χ2v) is 9.77. The van der Waals surface area contributed by atoms with E-state index in [1.54, 1.807) is 0 Å².